The van der Waals surface area contributed by atoms with Crippen LogP contribution in [0.5, 0.6) is 0 Å². The van der Waals surface area contributed by atoms with Crippen molar-refractivity contribution in [3.05, 3.63) is 113 Å². The van der Waals surface area contributed by atoms with E-state index in [1.807, 2.05) is 36.4 Å². The van der Waals surface area contributed by atoms with Crippen LogP contribution in [0.1, 0.15) is 28.7 Å². The lowest BCUT2D eigenvalue weighted by molar-refractivity contribution is 1.22. The summed E-state index contributed by atoms with van der Waals surface area (Å²) in [5.74, 6) is 0. The molecule has 0 N–H and O–H groups in total. The van der Waals surface area contributed by atoms with E-state index in [1.54, 1.807) is 0 Å². The van der Waals surface area contributed by atoms with Gasteiger partial charge in [-0.1, -0.05) is 90.5 Å². The molecular formula is C24H20N2. The van der Waals surface area contributed by atoms with Crippen LogP contribution in [0, 0.1) is 6.92 Å². The number of hydrogen-bond acceptors (Lipinski definition) is 2. The molecular weight excluding hydrogens is 316 g/mol. The van der Waals surface area contributed by atoms with Crippen LogP contribution in [0.15, 0.2) is 101 Å². The second-order valence-corrected chi connectivity index (χ2v) is 6.48. The van der Waals surface area contributed by atoms with Gasteiger partial charge in [0.05, 0.1) is 11.4 Å². The Balaban J connectivity index is 1.81. The van der Waals surface area contributed by atoms with E-state index in [2.05, 4.69) is 71.7 Å². The van der Waals surface area contributed by atoms with Crippen molar-refractivity contribution in [1.82, 2.24) is 0 Å². The van der Waals surface area contributed by atoms with Crippen molar-refractivity contribution >= 4 is 17.0 Å². The molecule has 0 saturated heterocycles. The minimum absolute atomic E-state index is 0.757. The predicted octanol–water partition coefficient (Wildman–Crippen LogP) is 5.68. The second-order valence-electron chi connectivity index (χ2n) is 6.48. The Morgan fingerprint density at radius 3 is 1.88 bits per heavy atom. The smallest absolute Gasteiger partial charge is 0.0932 e. The molecule has 0 spiro atoms. The minimum Gasteiger partial charge on any atom is -0.154 e. The third-order valence-corrected chi connectivity index (χ3v) is 4.55. The summed E-state index contributed by atoms with van der Waals surface area (Å²) in [7, 11) is 0. The highest BCUT2D eigenvalue weighted by Gasteiger charge is 2.14. The first-order valence-electron chi connectivity index (χ1n) is 8.82. The standard InChI is InChI=1S/C24H20N2/c1-18-12-14-19(15-13-18)22-16-23(20-8-4-2-5-9-20)25-26-24(17-22)21-10-6-3-7-11-21/h2-16H,17H2,1H3. The van der Waals surface area contributed by atoms with Gasteiger partial charge in [-0.15, -0.1) is 0 Å². The van der Waals surface area contributed by atoms with Crippen LogP contribution in [0.25, 0.3) is 5.57 Å². The lowest BCUT2D eigenvalue weighted by Gasteiger charge is -2.09. The Morgan fingerprint density at radius 2 is 1.23 bits per heavy atom. The number of rotatable bonds is 3. The molecule has 1 aliphatic heterocycles. The van der Waals surface area contributed by atoms with E-state index in [9.17, 15) is 0 Å². The van der Waals surface area contributed by atoms with Gasteiger partial charge in [-0.3, -0.25) is 0 Å². The van der Waals surface area contributed by atoms with E-state index in [0.29, 0.717) is 0 Å². The maximum atomic E-state index is 4.60. The van der Waals surface area contributed by atoms with E-state index in [4.69, 9.17) is 0 Å². The molecule has 0 amide bonds. The summed E-state index contributed by atoms with van der Waals surface area (Å²) in [5, 5.41) is 9.17. The molecule has 0 unspecified atom stereocenters. The van der Waals surface area contributed by atoms with Gasteiger partial charge in [0, 0.05) is 12.0 Å². The summed E-state index contributed by atoms with van der Waals surface area (Å²) >= 11 is 0. The molecule has 1 aliphatic rings. The molecule has 126 valence electrons. The monoisotopic (exact) mass is 336 g/mol. The first kappa shape index (κ1) is 16.2. The van der Waals surface area contributed by atoms with Gasteiger partial charge in [0.1, 0.15) is 0 Å². The zero-order valence-electron chi connectivity index (χ0n) is 14.8. The Hall–Kier alpha value is -3.26. The third kappa shape index (κ3) is 3.55. The van der Waals surface area contributed by atoms with Gasteiger partial charge in [-0.05, 0) is 29.7 Å². The van der Waals surface area contributed by atoms with E-state index >= 15 is 0 Å². The number of hydrogen-bond donors (Lipinski definition) is 0. The molecule has 0 bridgehead atoms. The van der Waals surface area contributed by atoms with Crippen molar-refractivity contribution in [1.29, 1.82) is 0 Å². The summed E-state index contributed by atoms with van der Waals surface area (Å²) in [6.07, 6.45) is 2.92. The quantitative estimate of drug-likeness (QED) is 0.588. The lowest BCUT2D eigenvalue weighted by atomic mass is 9.94. The molecule has 26 heavy (non-hydrogen) atoms. The Kier molecular flexibility index (Phi) is 4.57. The fraction of sp³-hybridized carbons (Fsp3) is 0.0833. The lowest BCUT2D eigenvalue weighted by Crippen LogP contribution is -2.01. The number of benzene rings is 3. The van der Waals surface area contributed by atoms with Crippen LogP contribution < -0.4 is 0 Å². The zero-order valence-corrected chi connectivity index (χ0v) is 14.8. The van der Waals surface area contributed by atoms with Gasteiger partial charge in [0.2, 0.25) is 0 Å². The van der Waals surface area contributed by atoms with Crippen LogP contribution in [-0.2, 0) is 0 Å². The van der Waals surface area contributed by atoms with E-state index in [0.717, 1.165) is 29.0 Å². The molecule has 0 fully saturated rings. The molecule has 2 nitrogen and oxygen atoms in total. The number of nitrogens with zero attached hydrogens (tertiary/aromatic N) is 2. The Labute approximate surface area is 154 Å². The van der Waals surface area contributed by atoms with Gasteiger partial charge in [-0.2, -0.15) is 10.2 Å². The first-order valence-corrected chi connectivity index (χ1v) is 8.82. The molecule has 0 radical (unpaired) electrons. The Bertz CT molecular complexity index is 979. The maximum absolute atomic E-state index is 4.60. The molecule has 3 aromatic carbocycles. The van der Waals surface area contributed by atoms with Crippen LogP contribution in [0.2, 0.25) is 0 Å². The molecule has 1 heterocycles. The van der Waals surface area contributed by atoms with Crippen molar-refractivity contribution in [2.75, 3.05) is 0 Å². The van der Waals surface area contributed by atoms with Crippen LogP contribution in [0.3, 0.4) is 0 Å². The summed E-state index contributed by atoms with van der Waals surface area (Å²) in [4.78, 5) is 0. The normalized spacial score (nSPS) is 14.1. The van der Waals surface area contributed by atoms with Gasteiger partial charge in [-0.25, -0.2) is 0 Å². The molecule has 2 heteroatoms. The maximum Gasteiger partial charge on any atom is 0.0932 e. The first-order chi connectivity index (χ1) is 12.8. The molecule has 0 aromatic heterocycles. The third-order valence-electron chi connectivity index (χ3n) is 4.55. The fourth-order valence-electron chi connectivity index (χ4n) is 3.07. The van der Waals surface area contributed by atoms with Crippen LogP contribution in [-0.4, -0.2) is 11.4 Å². The summed E-state index contributed by atoms with van der Waals surface area (Å²) < 4.78 is 0. The van der Waals surface area contributed by atoms with Gasteiger partial charge in [0.25, 0.3) is 0 Å². The number of aryl methyl sites for hydroxylation is 1. The largest absolute Gasteiger partial charge is 0.154 e. The van der Waals surface area contributed by atoms with E-state index < -0.39 is 0 Å². The van der Waals surface area contributed by atoms with Crippen LogP contribution >= 0.6 is 0 Å². The molecule has 4 rings (SSSR count). The highest BCUT2D eigenvalue weighted by molar-refractivity contribution is 6.17. The van der Waals surface area contributed by atoms with Crippen molar-refractivity contribution < 1.29 is 0 Å². The van der Waals surface area contributed by atoms with Crippen LogP contribution in [0.4, 0.5) is 0 Å². The fourth-order valence-corrected chi connectivity index (χ4v) is 3.07. The average Bonchev–Trinajstić information content (AvgIpc) is 2.93. The summed E-state index contributed by atoms with van der Waals surface area (Å²) in [5.41, 5.74) is 7.78. The predicted molar refractivity (Wildman–Crippen MR) is 110 cm³/mol. The molecule has 0 saturated carbocycles. The molecule has 3 aromatic rings. The van der Waals surface area contributed by atoms with E-state index in [-0.39, 0.29) is 0 Å². The van der Waals surface area contributed by atoms with Gasteiger partial charge >= 0.3 is 0 Å². The molecule has 0 aliphatic carbocycles. The number of allylic oxidation sites excluding steroid dienone is 2. The minimum atomic E-state index is 0.757. The molecule has 0 atom stereocenters. The highest BCUT2D eigenvalue weighted by Crippen LogP contribution is 2.25. The van der Waals surface area contributed by atoms with Crippen molar-refractivity contribution in [2.24, 2.45) is 10.2 Å². The van der Waals surface area contributed by atoms with Crippen molar-refractivity contribution in [2.45, 2.75) is 13.3 Å². The van der Waals surface area contributed by atoms with Crippen molar-refractivity contribution in [3.63, 3.8) is 0 Å². The topological polar surface area (TPSA) is 24.7 Å². The Morgan fingerprint density at radius 1 is 0.615 bits per heavy atom. The zero-order chi connectivity index (χ0) is 17.8. The SMILES string of the molecule is Cc1ccc(C2=CC(c3ccccc3)=NN=C(c3ccccc3)C2)cc1. The summed E-state index contributed by atoms with van der Waals surface area (Å²) in [6, 6.07) is 29.2. The summed E-state index contributed by atoms with van der Waals surface area (Å²) in [6.45, 7) is 2.11. The van der Waals surface area contributed by atoms with Gasteiger partial charge < -0.3 is 0 Å². The highest BCUT2D eigenvalue weighted by atomic mass is 15.2. The van der Waals surface area contributed by atoms with E-state index in [1.165, 1.54) is 16.7 Å². The van der Waals surface area contributed by atoms with Crippen molar-refractivity contribution in [3.8, 4) is 0 Å². The van der Waals surface area contributed by atoms with Gasteiger partial charge in [0.15, 0.2) is 0 Å². The second kappa shape index (κ2) is 7.32. The average molecular weight is 336 g/mol.